The maximum absolute atomic E-state index is 10.5. The smallest absolute Gasteiger partial charge is 0.308 e. The van der Waals surface area contributed by atoms with Gasteiger partial charge in [-0.2, -0.15) is 0 Å². The Hall–Kier alpha value is -2.62. The molecule has 0 radical (unpaired) electrons. The second kappa shape index (κ2) is 8.53. The van der Waals surface area contributed by atoms with Crippen LogP contribution in [0.2, 0.25) is 0 Å². The predicted molar refractivity (Wildman–Crippen MR) is 80.3 cm³/mol. The number of esters is 1. The number of carbonyl (C=O) groups is 2. The molecular formula is C17H18O4. The topological polar surface area (TPSA) is 63.6 Å². The molecule has 2 aromatic rings. The fraction of sp³-hybridized carbons (Fsp3) is 0.176. The first kappa shape index (κ1) is 16.4. The first-order valence-corrected chi connectivity index (χ1v) is 6.48. The number of ether oxygens (including phenoxy) is 1. The van der Waals surface area contributed by atoms with Gasteiger partial charge in [0.2, 0.25) is 0 Å². The fourth-order valence-corrected chi connectivity index (χ4v) is 1.54. The number of hydrogen-bond donors (Lipinski definition) is 1. The number of carboxylic acids is 1. The summed E-state index contributed by atoms with van der Waals surface area (Å²) in [5.74, 6) is -0.469. The monoisotopic (exact) mass is 286 g/mol. The first-order chi connectivity index (χ1) is 9.97. The van der Waals surface area contributed by atoms with Gasteiger partial charge in [-0.05, 0) is 24.6 Å². The Kier molecular flexibility index (Phi) is 6.68. The molecule has 0 atom stereocenters. The number of aryl methyl sites for hydroxylation is 1. The molecule has 0 aliphatic heterocycles. The highest BCUT2D eigenvalue weighted by Crippen LogP contribution is 2.10. The summed E-state index contributed by atoms with van der Waals surface area (Å²) in [6, 6.07) is 16.5. The largest absolute Gasteiger partial charge is 0.481 e. The average molecular weight is 286 g/mol. The van der Waals surface area contributed by atoms with E-state index in [1.54, 1.807) is 24.3 Å². The number of benzene rings is 2. The number of hydrogen-bond acceptors (Lipinski definition) is 3. The highest BCUT2D eigenvalue weighted by Gasteiger charge is 1.96. The van der Waals surface area contributed by atoms with Crippen LogP contribution in [0.1, 0.15) is 18.1 Å². The van der Waals surface area contributed by atoms with Crippen LogP contribution in [0.25, 0.3) is 0 Å². The van der Waals surface area contributed by atoms with Crippen molar-refractivity contribution in [2.75, 3.05) is 0 Å². The quantitative estimate of drug-likeness (QED) is 0.695. The number of rotatable bonds is 3. The van der Waals surface area contributed by atoms with E-state index in [0.717, 1.165) is 11.1 Å². The molecule has 0 aromatic heterocycles. The molecule has 4 nitrogen and oxygen atoms in total. The van der Waals surface area contributed by atoms with Gasteiger partial charge in [-0.15, -0.1) is 0 Å². The molecule has 2 rings (SSSR count). The Labute approximate surface area is 124 Å². The van der Waals surface area contributed by atoms with E-state index in [4.69, 9.17) is 9.84 Å². The molecule has 0 aliphatic rings. The standard InChI is InChI=1S/C9H10O2.C8H8O2/c1-7-3-5-9(6-4-7)11-8(2)10;9-8(10)6-7-4-2-1-3-5-7/h3-6H,1-2H3;1-5H,6H2,(H,9,10). The van der Waals surface area contributed by atoms with Crippen LogP contribution in [-0.4, -0.2) is 17.0 Å². The Morgan fingerprint density at radius 2 is 1.57 bits per heavy atom. The van der Waals surface area contributed by atoms with Crippen LogP contribution in [0.4, 0.5) is 0 Å². The predicted octanol–water partition coefficient (Wildman–Crippen LogP) is 3.23. The summed E-state index contributed by atoms with van der Waals surface area (Å²) in [5.41, 5.74) is 2.00. The van der Waals surface area contributed by atoms with Crippen molar-refractivity contribution in [3.05, 3.63) is 65.7 Å². The van der Waals surface area contributed by atoms with Crippen LogP contribution in [-0.2, 0) is 16.0 Å². The zero-order valence-electron chi connectivity index (χ0n) is 12.1. The summed E-state index contributed by atoms with van der Waals surface area (Å²) >= 11 is 0. The summed E-state index contributed by atoms with van der Waals surface area (Å²) < 4.78 is 4.83. The van der Waals surface area contributed by atoms with Crippen LogP contribution in [0.15, 0.2) is 54.6 Å². The van der Waals surface area contributed by atoms with Gasteiger partial charge in [0.15, 0.2) is 0 Å². The molecule has 0 unspecified atom stereocenters. The lowest BCUT2D eigenvalue weighted by Gasteiger charge is -1.99. The second-order valence-electron chi connectivity index (χ2n) is 4.46. The third-order valence-corrected chi connectivity index (χ3v) is 2.48. The van der Waals surface area contributed by atoms with Gasteiger partial charge < -0.3 is 9.84 Å². The Morgan fingerprint density at radius 3 is 2.05 bits per heavy atom. The van der Waals surface area contributed by atoms with E-state index < -0.39 is 5.97 Å². The van der Waals surface area contributed by atoms with Crippen LogP contribution < -0.4 is 4.74 Å². The number of carbonyl (C=O) groups excluding carboxylic acids is 1. The van der Waals surface area contributed by atoms with Crippen molar-refractivity contribution in [3.8, 4) is 5.75 Å². The zero-order valence-corrected chi connectivity index (χ0v) is 12.1. The SMILES string of the molecule is CC(=O)Oc1ccc(C)cc1.O=C(O)Cc1ccccc1. The lowest BCUT2D eigenvalue weighted by Crippen LogP contribution is -2.00. The van der Waals surface area contributed by atoms with E-state index in [9.17, 15) is 9.59 Å². The van der Waals surface area contributed by atoms with Crippen LogP contribution >= 0.6 is 0 Å². The highest BCUT2D eigenvalue weighted by atomic mass is 16.5. The molecule has 0 amide bonds. The van der Waals surface area contributed by atoms with Gasteiger partial charge in [-0.3, -0.25) is 9.59 Å². The summed E-state index contributed by atoms with van der Waals surface area (Å²) in [5, 5.41) is 8.37. The molecule has 0 saturated carbocycles. The number of carboxylic acid groups (broad SMARTS) is 1. The maximum Gasteiger partial charge on any atom is 0.308 e. The van der Waals surface area contributed by atoms with Crippen molar-refractivity contribution in [2.45, 2.75) is 20.3 Å². The van der Waals surface area contributed by atoms with Gasteiger partial charge in [0.05, 0.1) is 6.42 Å². The fourth-order valence-electron chi connectivity index (χ4n) is 1.54. The molecule has 1 N–H and O–H groups in total. The van der Waals surface area contributed by atoms with Gasteiger partial charge in [-0.1, -0.05) is 48.0 Å². The van der Waals surface area contributed by atoms with E-state index in [1.165, 1.54) is 6.92 Å². The molecule has 2 aromatic carbocycles. The lowest BCUT2D eigenvalue weighted by atomic mass is 10.2. The third kappa shape index (κ3) is 7.52. The zero-order chi connectivity index (χ0) is 15.7. The molecule has 0 aliphatic carbocycles. The van der Waals surface area contributed by atoms with E-state index in [-0.39, 0.29) is 12.4 Å². The van der Waals surface area contributed by atoms with Gasteiger partial charge in [0.1, 0.15) is 5.75 Å². The molecule has 0 fully saturated rings. The molecule has 0 spiro atoms. The Morgan fingerprint density at radius 1 is 1.00 bits per heavy atom. The first-order valence-electron chi connectivity index (χ1n) is 6.48. The Bertz CT molecular complexity index is 573. The summed E-state index contributed by atoms with van der Waals surface area (Å²) in [6.45, 7) is 3.37. The second-order valence-corrected chi connectivity index (χ2v) is 4.46. The average Bonchev–Trinajstić information content (AvgIpc) is 2.42. The van der Waals surface area contributed by atoms with Gasteiger partial charge >= 0.3 is 11.9 Å². The lowest BCUT2D eigenvalue weighted by molar-refractivity contribution is -0.136. The van der Waals surface area contributed by atoms with Gasteiger partial charge in [0, 0.05) is 6.92 Å². The van der Waals surface area contributed by atoms with Crippen molar-refractivity contribution < 1.29 is 19.4 Å². The molecule has 110 valence electrons. The van der Waals surface area contributed by atoms with E-state index in [1.807, 2.05) is 37.3 Å². The van der Waals surface area contributed by atoms with Gasteiger partial charge in [-0.25, -0.2) is 0 Å². The van der Waals surface area contributed by atoms with E-state index in [2.05, 4.69) is 0 Å². The van der Waals surface area contributed by atoms with E-state index >= 15 is 0 Å². The minimum absolute atomic E-state index is 0.112. The van der Waals surface area contributed by atoms with Crippen LogP contribution in [0.5, 0.6) is 5.75 Å². The summed E-state index contributed by atoms with van der Waals surface area (Å²) in [4.78, 5) is 20.6. The van der Waals surface area contributed by atoms with Crippen molar-refractivity contribution in [2.24, 2.45) is 0 Å². The normalized spacial score (nSPS) is 9.24. The van der Waals surface area contributed by atoms with Crippen LogP contribution in [0.3, 0.4) is 0 Å². The molecule has 0 bridgehead atoms. The van der Waals surface area contributed by atoms with E-state index in [0.29, 0.717) is 5.75 Å². The highest BCUT2D eigenvalue weighted by molar-refractivity contribution is 5.70. The summed E-state index contributed by atoms with van der Waals surface area (Å²) in [6.07, 6.45) is 0.112. The van der Waals surface area contributed by atoms with Crippen LogP contribution in [0, 0.1) is 6.92 Å². The van der Waals surface area contributed by atoms with Crippen molar-refractivity contribution in [3.63, 3.8) is 0 Å². The molecule has 21 heavy (non-hydrogen) atoms. The minimum atomic E-state index is -0.786. The Balaban J connectivity index is 0.000000211. The molecule has 0 heterocycles. The van der Waals surface area contributed by atoms with Crippen molar-refractivity contribution >= 4 is 11.9 Å². The third-order valence-electron chi connectivity index (χ3n) is 2.48. The van der Waals surface area contributed by atoms with Crippen molar-refractivity contribution in [1.29, 1.82) is 0 Å². The maximum atomic E-state index is 10.5. The summed E-state index contributed by atoms with van der Waals surface area (Å²) in [7, 11) is 0. The molecule has 0 saturated heterocycles. The minimum Gasteiger partial charge on any atom is -0.481 e. The number of aliphatic carboxylic acids is 1. The molecule has 4 heteroatoms. The molecular weight excluding hydrogens is 268 g/mol. The van der Waals surface area contributed by atoms with Gasteiger partial charge in [0.25, 0.3) is 0 Å². The van der Waals surface area contributed by atoms with Crippen molar-refractivity contribution in [1.82, 2.24) is 0 Å².